The zero-order chi connectivity index (χ0) is 18.1. The van der Waals surface area contributed by atoms with Crippen LogP contribution in [0, 0.1) is 12.8 Å². The summed E-state index contributed by atoms with van der Waals surface area (Å²) in [4.78, 5) is 28.7. The number of carbonyl (C=O) groups excluding carboxylic acids is 1. The van der Waals surface area contributed by atoms with Gasteiger partial charge in [0, 0.05) is 26.3 Å². The summed E-state index contributed by atoms with van der Waals surface area (Å²) in [5.74, 6) is 1.52. The number of aromatic nitrogens is 4. The van der Waals surface area contributed by atoms with E-state index in [0.29, 0.717) is 5.92 Å². The third-order valence-electron chi connectivity index (χ3n) is 4.97. The number of imidazole rings is 1. The van der Waals surface area contributed by atoms with Crippen LogP contribution in [0.1, 0.15) is 27.6 Å². The summed E-state index contributed by atoms with van der Waals surface area (Å²) in [6.45, 7) is 3.57. The van der Waals surface area contributed by atoms with Crippen LogP contribution in [0.4, 0.5) is 0 Å². The molecule has 1 aliphatic heterocycles. The molecular weight excluding hydrogens is 346 g/mol. The molecule has 1 saturated heterocycles. The first kappa shape index (κ1) is 16.9. The predicted molar refractivity (Wildman–Crippen MR) is 101 cm³/mol. The van der Waals surface area contributed by atoms with Gasteiger partial charge in [0.1, 0.15) is 11.5 Å². The van der Waals surface area contributed by atoms with Gasteiger partial charge in [-0.2, -0.15) is 0 Å². The van der Waals surface area contributed by atoms with Crippen molar-refractivity contribution in [3.63, 3.8) is 0 Å². The first-order chi connectivity index (χ1) is 12.6. The van der Waals surface area contributed by atoms with E-state index in [-0.39, 0.29) is 5.91 Å². The van der Waals surface area contributed by atoms with Gasteiger partial charge in [0.2, 0.25) is 0 Å². The van der Waals surface area contributed by atoms with E-state index in [2.05, 4.69) is 9.97 Å². The number of hydrogen-bond acceptors (Lipinski definition) is 5. The first-order valence-electron chi connectivity index (χ1n) is 8.74. The first-order valence-corrected chi connectivity index (χ1v) is 9.62. The summed E-state index contributed by atoms with van der Waals surface area (Å²) in [6.07, 6.45) is 7.29. The van der Waals surface area contributed by atoms with Crippen molar-refractivity contribution >= 4 is 17.2 Å². The largest absolute Gasteiger partial charge is 0.338 e. The lowest BCUT2D eigenvalue weighted by molar-refractivity contribution is 0.0792. The number of hydrogen-bond donors (Lipinski definition) is 0. The van der Waals surface area contributed by atoms with Gasteiger partial charge < -0.3 is 9.47 Å². The van der Waals surface area contributed by atoms with E-state index in [1.165, 1.54) is 11.3 Å². The van der Waals surface area contributed by atoms with Crippen LogP contribution >= 0.6 is 11.3 Å². The Morgan fingerprint density at radius 3 is 2.96 bits per heavy atom. The molecule has 4 heterocycles. The van der Waals surface area contributed by atoms with E-state index < -0.39 is 0 Å². The molecule has 0 spiro atoms. The molecule has 1 fully saturated rings. The Morgan fingerprint density at radius 2 is 2.23 bits per heavy atom. The van der Waals surface area contributed by atoms with E-state index >= 15 is 0 Å². The van der Waals surface area contributed by atoms with Gasteiger partial charge in [-0.15, -0.1) is 11.3 Å². The second-order valence-corrected chi connectivity index (χ2v) is 7.68. The fraction of sp³-hybridized carbons (Fsp3) is 0.368. The average Bonchev–Trinajstić information content (AvgIpc) is 3.38. The lowest BCUT2D eigenvalue weighted by Gasteiger charge is -2.15. The lowest BCUT2D eigenvalue weighted by atomic mass is 10.0. The highest BCUT2D eigenvalue weighted by molar-refractivity contribution is 7.12. The number of rotatable bonds is 4. The van der Waals surface area contributed by atoms with E-state index in [0.717, 1.165) is 53.7 Å². The highest BCUT2D eigenvalue weighted by atomic mass is 32.1. The maximum absolute atomic E-state index is 12.5. The van der Waals surface area contributed by atoms with Crippen LogP contribution in [-0.4, -0.2) is 43.4 Å². The van der Waals surface area contributed by atoms with Gasteiger partial charge in [0.15, 0.2) is 0 Å². The summed E-state index contributed by atoms with van der Waals surface area (Å²) in [5, 5.41) is 1.95. The van der Waals surface area contributed by atoms with Crippen molar-refractivity contribution in [3.05, 3.63) is 52.5 Å². The molecular formula is C19H21N5OS. The summed E-state index contributed by atoms with van der Waals surface area (Å²) in [5.41, 5.74) is 2.78. The molecule has 1 atom stereocenters. The third-order valence-corrected chi connectivity index (χ3v) is 5.83. The second-order valence-electron chi connectivity index (χ2n) is 6.73. The molecule has 0 unspecified atom stereocenters. The fourth-order valence-corrected chi connectivity index (χ4v) is 4.09. The van der Waals surface area contributed by atoms with Gasteiger partial charge in [-0.1, -0.05) is 6.07 Å². The van der Waals surface area contributed by atoms with Crippen molar-refractivity contribution in [2.75, 3.05) is 13.1 Å². The van der Waals surface area contributed by atoms with Crippen molar-refractivity contribution in [1.82, 2.24) is 24.4 Å². The topological polar surface area (TPSA) is 63.9 Å². The van der Waals surface area contributed by atoms with Crippen LogP contribution in [0.2, 0.25) is 0 Å². The number of amides is 1. The minimum Gasteiger partial charge on any atom is -0.338 e. The molecule has 4 rings (SSSR count). The molecule has 0 aliphatic carbocycles. The summed E-state index contributed by atoms with van der Waals surface area (Å²) in [6, 6.07) is 3.82. The quantitative estimate of drug-likeness (QED) is 0.711. The smallest absolute Gasteiger partial charge is 0.263 e. The Labute approximate surface area is 156 Å². The molecule has 6 nitrogen and oxygen atoms in total. The van der Waals surface area contributed by atoms with Crippen LogP contribution in [0.5, 0.6) is 0 Å². The lowest BCUT2D eigenvalue weighted by Crippen LogP contribution is -2.28. The maximum atomic E-state index is 12.5. The standard InChI is InChI=1S/C19H21N5OS/c1-13-21-11-17(23(13)2)16-10-20-9-15(22-16)8-14-5-6-24(12-14)19(25)18-4-3-7-26-18/h3-4,7,9-11,14H,5-6,8,12H2,1-2H3/t14-/m1/s1. The molecule has 26 heavy (non-hydrogen) atoms. The van der Waals surface area contributed by atoms with Gasteiger partial charge in [-0.3, -0.25) is 9.78 Å². The van der Waals surface area contributed by atoms with Gasteiger partial charge in [-0.05, 0) is 37.1 Å². The van der Waals surface area contributed by atoms with E-state index in [4.69, 9.17) is 4.98 Å². The molecule has 1 aliphatic rings. The highest BCUT2D eigenvalue weighted by Gasteiger charge is 2.28. The Morgan fingerprint density at radius 1 is 1.35 bits per heavy atom. The van der Waals surface area contributed by atoms with Crippen molar-refractivity contribution in [3.8, 4) is 11.4 Å². The molecule has 0 aromatic carbocycles. The SMILES string of the molecule is Cc1ncc(-c2cncc(C[C@H]3CCN(C(=O)c4cccs4)C3)n2)n1C. The molecule has 0 N–H and O–H groups in total. The minimum atomic E-state index is 0.146. The van der Waals surface area contributed by atoms with Gasteiger partial charge in [-0.25, -0.2) is 9.97 Å². The van der Waals surface area contributed by atoms with Crippen molar-refractivity contribution in [2.24, 2.45) is 13.0 Å². The molecule has 1 amide bonds. The van der Waals surface area contributed by atoms with Crippen molar-refractivity contribution in [2.45, 2.75) is 19.8 Å². The van der Waals surface area contributed by atoms with Crippen LogP contribution in [0.3, 0.4) is 0 Å². The van der Waals surface area contributed by atoms with E-state index in [1.807, 2.05) is 53.3 Å². The summed E-state index contributed by atoms with van der Waals surface area (Å²) < 4.78 is 2.02. The van der Waals surface area contributed by atoms with Crippen LogP contribution in [0.15, 0.2) is 36.1 Å². The Bertz CT molecular complexity index is 918. The third kappa shape index (κ3) is 3.26. The molecule has 0 radical (unpaired) electrons. The monoisotopic (exact) mass is 367 g/mol. The van der Waals surface area contributed by atoms with Crippen LogP contribution in [0.25, 0.3) is 11.4 Å². The maximum Gasteiger partial charge on any atom is 0.263 e. The zero-order valence-electron chi connectivity index (χ0n) is 14.9. The van der Waals surface area contributed by atoms with Gasteiger partial charge >= 0.3 is 0 Å². The number of nitrogens with zero attached hydrogens (tertiary/aromatic N) is 5. The van der Waals surface area contributed by atoms with Crippen LogP contribution < -0.4 is 0 Å². The molecule has 7 heteroatoms. The predicted octanol–water partition coefficient (Wildman–Crippen LogP) is 2.95. The number of aryl methyl sites for hydroxylation is 1. The summed E-state index contributed by atoms with van der Waals surface area (Å²) >= 11 is 1.50. The Kier molecular flexibility index (Phi) is 4.55. The molecule has 0 saturated carbocycles. The molecule has 3 aromatic heterocycles. The minimum absolute atomic E-state index is 0.146. The number of likely N-dealkylation sites (tertiary alicyclic amines) is 1. The normalized spacial score (nSPS) is 17.0. The van der Waals surface area contributed by atoms with Gasteiger partial charge in [0.05, 0.1) is 28.7 Å². The van der Waals surface area contributed by atoms with Gasteiger partial charge in [0.25, 0.3) is 5.91 Å². The number of thiophene rings is 1. The highest BCUT2D eigenvalue weighted by Crippen LogP contribution is 2.24. The fourth-order valence-electron chi connectivity index (χ4n) is 3.40. The Hall–Kier alpha value is -2.54. The summed E-state index contributed by atoms with van der Waals surface area (Å²) in [7, 11) is 1.98. The van der Waals surface area contributed by atoms with Crippen molar-refractivity contribution in [1.29, 1.82) is 0 Å². The molecule has 134 valence electrons. The molecule has 3 aromatic rings. The second kappa shape index (κ2) is 6.99. The average molecular weight is 367 g/mol. The Balaban J connectivity index is 1.44. The molecule has 0 bridgehead atoms. The van der Waals surface area contributed by atoms with Crippen molar-refractivity contribution < 1.29 is 4.79 Å². The van der Waals surface area contributed by atoms with E-state index in [1.54, 1.807) is 6.20 Å². The van der Waals surface area contributed by atoms with E-state index in [9.17, 15) is 4.79 Å². The zero-order valence-corrected chi connectivity index (χ0v) is 15.7. The number of carbonyl (C=O) groups is 1. The van der Waals surface area contributed by atoms with Crippen LogP contribution in [-0.2, 0) is 13.5 Å².